The lowest BCUT2D eigenvalue weighted by Crippen LogP contribution is -2.50. The molecule has 2 fully saturated rings. The van der Waals surface area contributed by atoms with Gasteiger partial charge in [-0.25, -0.2) is 0 Å². The van der Waals surface area contributed by atoms with Crippen molar-refractivity contribution in [2.75, 3.05) is 32.7 Å². The van der Waals surface area contributed by atoms with Gasteiger partial charge in [0, 0.05) is 51.0 Å². The number of hydrogen-bond acceptors (Lipinski definition) is 4. The first-order chi connectivity index (χ1) is 10.3. The molecular formula is C17H25N3O. The zero-order chi connectivity index (χ0) is 14.5. The third kappa shape index (κ3) is 4.11. The number of Topliss-reactive ketones (excluding diaryl/α,β-unsaturated/α-hetero) is 1. The van der Waals surface area contributed by atoms with E-state index in [0.29, 0.717) is 18.7 Å². The fourth-order valence-corrected chi connectivity index (χ4v) is 3.59. The van der Waals surface area contributed by atoms with Gasteiger partial charge in [-0.05, 0) is 24.5 Å². The van der Waals surface area contributed by atoms with Crippen LogP contribution in [0.3, 0.4) is 0 Å². The van der Waals surface area contributed by atoms with E-state index in [1.807, 2.05) is 12.1 Å². The standard InChI is InChI=1S/C17H25N3O/c21-17(12-15-4-3-7-18-13-15)14-19-8-10-20(11-9-19)16-5-1-2-6-16/h3-4,7,13,16H,1-2,5-6,8-12,14H2. The molecule has 0 bridgehead atoms. The van der Waals surface area contributed by atoms with Gasteiger partial charge in [0.15, 0.2) is 5.78 Å². The Morgan fingerprint density at radius 1 is 1.19 bits per heavy atom. The van der Waals surface area contributed by atoms with Crippen LogP contribution in [0.4, 0.5) is 0 Å². The van der Waals surface area contributed by atoms with Crippen molar-refractivity contribution < 1.29 is 4.79 Å². The molecule has 1 aliphatic heterocycles. The first-order valence-electron chi connectivity index (χ1n) is 8.18. The van der Waals surface area contributed by atoms with Crippen molar-refractivity contribution in [1.82, 2.24) is 14.8 Å². The second-order valence-corrected chi connectivity index (χ2v) is 6.33. The van der Waals surface area contributed by atoms with Gasteiger partial charge in [0.25, 0.3) is 0 Å². The summed E-state index contributed by atoms with van der Waals surface area (Å²) in [6.45, 7) is 4.92. The summed E-state index contributed by atoms with van der Waals surface area (Å²) in [5.41, 5.74) is 1.02. The van der Waals surface area contributed by atoms with Crippen LogP contribution in [0.25, 0.3) is 0 Å². The molecule has 4 heteroatoms. The largest absolute Gasteiger partial charge is 0.298 e. The molecule has 0 N–H and O–H groups in total. The van der Waals surface area contributed by atoms with E-state index in [0.717, 1.165) is 37.8 Å². The molecule has 0 unspecified atom stereocenters. The average molecular weight is 287 g/mol. The molecule has 0 amide bonds. The Kier molecular flexibility index (Phi) is 4.99. The third-order valence-electron chi connectivity index (χ3n) is 4.77. The van der Waals surface area contributed by atoms with E-state index in [-0.39, 0.29) is 0 Å². The molecule has 0 atom stereocenters. The number of carbonyl (C=O) groups excluding carboxylic acids is 1. The van der Waals surface area contributed by atoms with Crippen LogP contribution >= 0.6 is 0 Å². The first-order valence-corrected chi connectivity index (χ1v) is 8.18. The first kappa shape index (κ1) is 14.7. The van der Waals surface area contributed by atoms with Gasteiger partial charge in [-0.1, -0.05) is 18.9 Å². The van der Waals surface area contributed by atoms with Crippen molar-refractivity contribution >= 4 is 5.78 Å². The van der Waals surface area contributed by atoms with Crippen molar-refractivity contribution in [1.29, 1.82) is 0 Å². The highest BCUT2D eigenvalue weighted by atomic mass is 16.1. The maximum absolute atomic E-state index is 12.1. The summed E-state index contributed by atoms with van der Waals surface area (Å²) in [4.78, 5) is 21.1. The quantitative estimate of drug-likeness (QED) is 0.827. The second kappa shape index (κ2) is 7.14. The molecular weight excluding hydrogens is 262 g/mol. The van der Waals surface area contributed by atoms with E-state index in [1.54, 1.807) is 12.4 Å². The maximum Gasteiger partial charge on any atom is 0.151 e. The van der Waals surface area contributed by atoms with E-state index in [2.05, 4.69) is 14.8 Å². The summed E-state index contributed by atoms with van der Waals surface area (Å²) >= 11 is 0. The van der Waals surface area contributed by atoms with Crippen molar-refractivity contribution in [3.05, 3.63) is 30.1 Å². The van der Waals surface area contributed by atoms with Gasteiger partial charge in [-0.3, -0.25) is 19.6 Å². The van der Waals surface area contributed by atoms with E-state index < -0.39 is 0 Å². The molecule has 1 saturated heterocycles. The lowest BCUT2D eigenvalue weighted by atomic mass is 10.1. The van der Waals surface area contributed by atoms with Gasteiger partial charge in [0.1, 0.15) is 0 Å². The molecule has 1 aromatic heterocycles. The topological polar surface area (TPSA) is 36.4 Å². The Bertz CT molecular complexity index is 448. The Morgan fingerprint density at radius 3 is 2.62 bits per heavy atom. The molecule has 3 rings (SSSR count). The lowest BCUT2D eigenvalue weighted by Gasteiger charge is -2.37. The molecule has 1 aromatic rings. The Balaban J connectivity index is 1.41. The smallest absolute Gasteiger partial charge is 0.151 e. The summed E-state index contributed by atoms with van der Waals surface area (Å²) in [5, 5.41) is 0. The molecule has 0 radical (unpaired) electrons. The minimum absolute atomic E-state index is 0.303. The summed E-state index contributed by atoms with van der Waals surface area (Å²) in [6.07, 6.45) is 9.59. The van der Waals surface area contributed by atoms with E-state index in [1.165, 1.54) is 25.7 Å². The predicted octanol–water partition coefficient (Wildman–Crippen LogP) is 1.75. The number of nitrogens with zero attached hydrogens (tertiary/aromatic N) is 3. The van der Waals surface area contributed by atoms with Crippen LogP contribution in [0.1, 0.15) is 31.2 Å². The SMILES string of the molecule is O=C(Cc1cccnc1)CN1CCN(C2CCCC2)CC1. The van der Waals surface area contributed by atoms with Gasteiger partial charge in [0.05, 0.1) is 6.54 Å². The monoisotopic (exact) mass is 287 g/mol. The minimum atomic E-state index is 0.303. The second-order valence-electron chi connectivity index (χ2n) is 6.33. The molecule has 2 aliphatic rings. The number of piperazine rings is 1. The number of ketones is 1. The van der Waals surface area contributed by atoms with Gasteiger partial charge >= 0.3 is 0 Å². The average Bonchev–Trinajstić information content (AvgIpc) is 3.03. The van der Waals surface area contributed by atoms with E-state index in [9.17, 15) is 4.79 Å². The lowest BCUT2D eigenvalue weighted by molar-refractivity contribution is -0.120. The van der Waals surface area contributed by atoms with Gasteiger partial charge in [-0.15, -0.1) is 0 Å². The zero-order valence-electron chi connectivity index (χ0n) is 12.7. The summed E-state index contributed by atoms with van der Waals surface area (Å²) < 4.78 is 0. The minimum Gasteiger partial charge on any atom is -0.298 e. The Morgan fingerprint density at radius 2 is 1.95 bits per heavy atom. The van der Waals surface area contributed by atoms with Crippen LogP contribution in [0, 0.1) is 0 Å². The Labute approximate surface area is 127 Å². The maximum atomic E-state index is 12.1. The van der Waals surface area contributed by atoms with Crippen molar-refractivity contribution in [3.63, 3.8) is 0 Å². The summed E-state index contributed by atoms with van der Waals surface area (Å²) in [7, 11) is 0. The van der Waals surface area contributed by atoms with Crippen LogP contribution < -0.4 is 0 Å². The number of pyridine rings is 1. The molecule has 114 valence electrons. The van der Waals surface area contributed by atoms with E-state index in [4.69, 9.17) is 0 Å². The number of carbonyl (C=O) groups is 1. The molecule has 1 saturated carbocycles. The fraction of sp³-hybridized carbons (Fsp3) is 0.647. The number of hydrogen-bond donors (Lipinski definition) is 0. The van der Waals surface area contributed by atoms with Crippen LogP contribution in [-0.4, -0.2) is 59.3 Å². The molecule has 2 heterocycles. The highest BCUT2D eigenvalue weighted by Gasteiger charge is 2.26. The molecule has 0 spiro atoms. The highest BCUT2D eigenvalue weighted by molar-refractivity contribution is 5.82. The molecule has 4 nitrogen and oxygen atoms in total. The van der Waals surface area contributed by atoms with Crippen molar-refractivity contribution in [2.24, 2.45) is 0 Å². The third-order valence-corrected chi connectivity index (χ3v) is 4.77. The van der Waals surface area contributed by atoms with Crippen LogP contribution in [0.2, 0.25) is 0 Å². The van der Waals surface area contributed by atoms with Crippen molar-refractivity contribution in [3.8, 4) is 0 Å². The van der Waals surface area contributed by atoms with Crippen LogP contribution in [0.15, 0.2) is 24.5 Å². The van der Waals surface area contributed by atoms with Crippen molar-refractivity contribution in [2.45, 2.75) is 38.1 Å². The van der Waals surface area contributed by atoms with Gasteiger partial charge in [-0.2, -0.15) is 0 Å². The van der Waals surface area contributed by atoms with Crippen LogP contribution in [0.5, 0.6) is 0 Å². The van der Waals surface area contributed by atoms with Gasteiger partial charge in [0.2, 0.25) is 0 Å². The number of aromatic nitrogens is 1. The zero-order valence-corrected chi connectivity index (χ0v) is 12.7. The summed E-state index contributed by atoms with van der Waals surface area (Å²) in [6, 6.07) is 4.68. The predicted molar refractivity (Wildman–Crippen MR) is 83.2 cm³/mol. The molecule has 1 aliphatic carbocycles. The molecule has 0 aromatic carbocycles. The fourth-order valence-electron chi connectivity index (χ4n) is 3.59. The normalized spacial score (nSPS) is 21.7. The molecule has 21 heavy (non-hydrogen) atoms. The number of rotatable bonds is 5. The van der Waals surface area contributed by atoms with E-state index >= 15 is 0 Å². The highest BCUT2D eigenvalue weighted by Crippen LogP contribution is 2.24. The van der Waals surface area contributed by atoms with Gasteiger partial charge < -0.3 is 0 Å². The van der Waals surface area contributed by atoms with Crippen LogP contribution in [-0.2, 0) is 11.2 Å². The summed E-state index contributed by atoms with van der Waals surface area (Å²) in [5.74, 6) is 0.303. The Hall–Kier alpha value is -1.26.